The molecule has 2 aromatic rings. The van der Waals surface area contributed by atoms with Gasteiger partial charge >= 0.3 is 0 Å². The highest BCUT2D eigenvalue weighted by Crippen LogP contribution is 2.26. The van der Waals surface area contributed by atoms with Gasteiger partial charge in [0.05, 0.1) is 5.56 Å². The zero-order chi connectivity index (χ0) is 18.9. The van der Waals surface area contributed by atoms with Crippen molar-refractivity contribution in [1.82, 2.24) is 10.3 Å². The number of rotatable bonds is 9. The molecule has 1 amide bonds. The molecule has 0 aliphatic carbocycles. The van der Waals surface area contributed by atoms with Gasteiger partial charge in [-0.1, -0.05) is 25.1 Å². The third-order valence-electron chi connectivity index (χ3n) is 4.20. The second-order valence-corrected chi connectivity index (χ2v) is 6.10. The molecule has 3 N–H and O–H groups in total. The number of carbonyl (C=O) groups excluding carboxylic acids is 1. The molecule has 0 fully saturated rings. The van der Waals surface area contributed by atoms with E-state index in [0.29, 0.717) is 11.4 Å². The highest BCUT2D eigenvalue weighted by molar-refractivity contribution is 5.92. The molecule has 5 heteroatoms. The molecule has 0 saturated carbocycles. The van der Waals surface area contributed by atoms with Gasteiger partial charge in [-0.15, -0.1) is 0 Å². The van der Waals surface area contributed by atoms with Gasteiger partial charge in [0.25, 0.3) is 0 Å². The molecule has 1 aromatic carbocycles. The van der Waals surface area contributed by atoms with Gasteiger partial charge < -0.3 is 15.8 Å². The Labute approximate surface area is 155 Å². The Bertz CT molecular complexity index is 754. The number of hydrogen-bond acceptors (Lipinski definition) is 4. The second kappa shape index (κ2) is 9.73. The molecule has 1 atom stereocenters. The number of primary amides is 1. The van der Waals surface area contributed by atoms with E-state index in [9.17, 15) is 4.79 Å². The summed E-state index contributed by atoms with van der Waals surface area (Å²) >= 11 is 0. The van der Waals surface area contributed by atoms with E-state index in [1.165, 1.54) is 17.3 Å². The summed E-state index contributed by atoms with van der Waals surface area (Å²) in [5, 5.41) is 3.55. The molecule has 0 spiro atoms. The minimum Gasteiger partial charge on any atom is -0.439 e. The summed E-state index contributed by atoms with van der Waals surface area (Å²) in [5.74, 6) is 0.658. The number of nitrogens with one attached hydrogen (secondary N) is 1. The van der Waals surface area contributed by atoms with E-state index in [-0.39, 0.29) is 6.04 Å². The third-order valence-corrected chi connectivity index (χ3v) is 4.20. The number of nitrogens with two attached hydrogens (primary N) is 1. The molecule has 0 aliphatic rings. The average Bonchev–Trinajstić information content (AvgIpc) is 2.65. The molecule has 1 unspecified atom stereocenters. The fourth-order valence-corrected chi connectivity index (χ4v) is 2.74. The molecule has 0 aliphatic heterocycles. The number of allylic oxidation sites excluding steroid dienone is 1. The second-order valence-electron chi connectivity index (χ2n) is 6.10. The van der Waals surface area contributed by atoms with Crippen molar-refractivity contribution >= 4 is 5.91 Å². The monoisotopic (exact) mass is 353 g/mol. The quantitative estimate of drug-likeness (QED) is 0.524. The lowest BCUT2D eigenvalue weighted by atomic mass is 9.99. The Hall–Kier alpha value is -2.66. The van der Waals surface area contributed by atoms with Gasteiger partial charge in [0.15, 0.2) is 0 Å². The molecule has 1 aromatic heterocycles. The normalized spacial score (nSPS) is 12.3. The summed E-state index contributed by atoms with van der Waals surface area (Å²) in [5.41, 5.74) is 8.10. The standard InChI is InChI=1S/C21H27N3O2/c1-4-6-7-12-23-15(3)19-10-9-18(13-16(19)5-2)26-20-11-8-17(14-24-20)21(22)25/h4,6,8-11,13-15,23H,5,7,12H2,1-3H3,(H2,22,25)/b6-4+. The van der Waals surface area contributed by atoms with Gasteiger partial charge in [0.1, 0.15) is 5.75 Å². The average molecular weight is 353 g/mol. The van der Waals surface area contributed by atoms with Crippen molar-refractivity contribution in [3.63, 3.8) is 0 Å². The number of aryl methyl sites for hydroxylation is 1. The van der Waals surface area contributed by atoms with E-state index < -0.39 is 5.91 Å². The van der Waals surface area contributed by atoms with E-state index in [0.717, 1.165) is 25.1 Å². The number of pyridine rings is 1. The molecule has 26 heavy (non-hydrogen) atoms. The maximum absolute atomic E-state index is 11.1. The zero-order valence-corrected chi connectivity index (χ0v) is 15.7. The predicted octanol–water partition coefficient (Wildman–Crippen LogP) is 4.15. The number of ether oxygens (including phenoxy) is 1. The summed E-state index contributed by atoms with van der Waals surface area (Å²) in [7, 11) is 0. The lowest BCUT2D eigenvalue weighted by Gasteiger charge is -2.18. The lowest BCUT2D eigenvalue weighted by molar-refractivity contribution is 0.1000. The maximum Gasteiger partial charge on any atom is 0.250 e. The number of carbonyl (C=O) groups is 1. The third kappa shape index (κ3) is 5.43. The number of aromatic nitrogens is 1. The van der Waals surface area contributed by atoms with Crippen LogP contribution in [-0.2, 0) is 6.42 Å². The largest absolute Gasteiger partial charge is 0.439 e. The van der Waals surface area contributed by atoms with Crippen molar-refractivity contribution in [3.8, 4) is 11.6 Å². The van der Waals surface area contributed by atoms with Gasteiger partial charge in [-0.25, -0.2) is 4.98 Å². The topological polar surface area (TPSA) is 77.2 Å². The molecule has 0 saturated heterocycles. The Balaban J connectivity index is 2.08. The fourth-order valence-electron chi connectivity index (χ4n) is 2.74. The van der Waals surface area contributed by atoms with Crippen molar-refractivity contribution in [2.24, 2.45) is 5.73 Å². The zero-order valence-electron chi connectivity index (χ0n) is 15.7. The fraction of sp³-hybridized carbons (Fsp3) is 0.333. The van der Waals surface area contributed by atoms with Crippen molar-refractivity contribution in [3.05, 3.63) is 65.4 Å². The Morgan fingerprint density at radius 1 is 1.35 bits per heavy atom. The molecule has 0 bridgehead atoms. The highest BCUT2D eigenvalue weighted by Gasteiger charge is 2.11. The predicted molar refractivity (Wildman–Crippen MR) is 104 cm³/mol. The van der Waals surface area contributed by atoms with E-state index in [4.69, 9.17) is 10.5 Å². The van der Waals surface area contributed by atoms with Crippen LogP contribution in [-0.4, -0.2) is 17.4 Å². The smallest absolute Gasteiger partial charge is 0.250 e. The van der Waals surface area contributed by atoms with Crippen molar-refractivity contribution in [2.75, 3.05) is 6.54 Å². The van der Waals surface area contributed by atoms with E-state index in [1.807, 2.05) is 19.1 Å². The van der Waals surface area contributed by atoms with E-state index >= 15 is 0 Å². The summed E-state index contributed by atoms with van der Waals surface area (Å²) in [6.45, 7) is 7.29. The molecule has 138 valence electrons. The molecular formula is C21H27N3O2. The Morgan fingerprint density at radius 2 is 2.15 bits per heavy atom. The van der Waals surface area contributed by atoms with E-state index in [1.54, 1.807) is 12.1 Å². The van der Waals surface area contributed by atoms with Crippen LogP contribution in [0.2, 0.25) is 0 Å². The summed E-state index contributed by atoms with van der Waals surface area (Å²) < 4.78 is 5.81. The minimum atomic E-state index is -0.502. The first-order chi connectivity index (χ1) is 12.5. The number of amides is 1. The highest BCUT2D eigenvalue weighted by atomic mass is 16.5. The van der Waals surface area contributed by atoms with Gasteiger partial charge in [0, 0.05) is 18.3 Å². The molecule has 5 nitrogen and oxygen atoms in total. The van der Waals surface area contributed by atoms with E-state index in [2.05, 4.69) is 42.4 Å². The van der Waals surface area contributed by atoms with Crippen LogP contribution < -0.4 is 15.8 Å². The first-order valence-electron chi connectivity index (χ1n) is 8.96. The first-order valence-corrected chi connectivity index (χ1v) is 8.96. The minimum absolute atomic E-state index is 0.275. The SMILES string of the molecule is C/C=C/CCNC(C)c1ccc(Oc2ccc(C(N)=O)cn2)cc1CC. The summed E-state index contributed by atoms with van der Waals surface area (Å²) in [6.07, 6.45) is 7.59. The number of hydrogen-bond donors (Lipinski definition) is 2. The summed E-state index contributed by atoms with van der Waals surface area (Å²) in [4.78, 5) is 15.2. The number of benzene rings is 1. The molecule has 2 rings (SSSR count). The molecule has 0 radical (unpaired) electrons. The number of nitrogens with zero attached hydrogens (tertiary/aromatic N) is 1. The first kappa shape index (κ1) is 19.7. The van der Waals surface area contributed by atoms with Crippen LogP contribution in [0, 0.1) is 0 Å². The van der Waals surface area contributed by atoms with Gasteiger partial charge in [0.2, 0.25) is 11.8 Å². The van der Waals surface area contributed by atoms with Gasteiger partial charge in [-0.05, 0) is 62.6 Å². The van der Waals surface area contributed by atoms with Crippen molar-refractivity contribution in [1.29, 1.82) is 0 Å². The Morgan fingerprint density at radius 3 is 2.77 bits per heavy atom. The van der Waals surface area contributed by atoms with Crippen LogP contribution in [0.15, 0.2) is 48.7 Å². The van der Waals surface area contributed by atoms with Crippen LogP contribution >= 0.6 is 0 Å². The van der Waals surface area contributed by atoms with Crippen LogP contribution in [0.4, 0.5) is 0 Å². The molecule has 1 heterocycles. The van der Waals surface area contributed by atoms with Crippen LogP contribution in [0.3, 0.4) is 0 Å². The van der Waals surface area contributed by atoms with Gasteiger partial charge in [-0.2, -0.15) is 0 Å². The van der Waals surface area contributed by atoms with Crippen LogP contribution in [0.1, 0.15) is 54.7 Å². The lowest BCUT2D eigenvalue weighted by Crippen LogP contribution is -2.20. The summed E-state index contributed by atoms with van der Waals surface area (Å²) in [6, 6.07) is 9.61. The Kier molecular flexibility index (Phi) is 7.36. The maximum atomic E-state index is 11.1. The van der Waals surface area contributed by atoms with Crippen molar-refractivity contribution in [2.45, 2.75) is 39.7 Å². The van der Waals surface area contributed by atoms with Crippen LogP contribution in [0.5, 0.6) is 11.6 Å². The van der Waals surface area contributed by atoms with Crippen LogP contribution in [0.25, 0.3) is 0 Å². The molecular weight excluding hydrogens is 326 g/mol. The van der Waals surface area contributed by atoms with Crippen molar-refractivity contribution < 1.29 is 9.53 Å². The van der Waals surface area contributed by atoms with Gasteiger partial charge in [-0.3, -0.25) is 4.79 Å².